The summed E-state index contributed by atoms with van der Waals surface area (Å²) in [6.07, 6.45) is 2.18. The molecule has 2 heterocycles. The minimum atomic E-state index is -3.70. The van der Waals surface area contributed by atoms with E-state index in [1.165, 1.54) is 22.5 Å². The van der Waals surface area contributed by atoms with Crippen LogP contribution in [0, 0.1) is 0 Å². The van der Waals surface area contributed by atoms with Crippen molar-refractivity contribution in [2.45, 2.75) is 11.3 Å². The van der Waals surface area contributed by atoms with E-state index in [1.807, 2.05) is 24.3 Å². The van der Waals surface area contributed by atoms with Crippen LogP contribution in [0.1, 0.15) is 6.42 Å². The first-order chi connectivity index (χ1) is 12.9. The standard InChI is InChI=1S/C18H15Cl2N3O3S/c19-14-6-5-13(11-15(14)20)27(25,26)22-9-7-12(8-10-22)23-17-4-2-1-3-16(17)21-18(23)24/h1-7,11H,8-10H2,(H,21,24). The molecule has 6 nitrogen and oxygen atoms in total. The molecule has 0 spiro atoms. The number of benzene rings is 2. The van der Waals surface area contributed by atoms with Crippen molar-refractivity contribution in [2.75, 3.05) is 13.1 Å². The van der Waals surface area contributed by atoms with Gasteiger partial charge in [0.2, 0.25) is 10.0 Å². The van der Waals surface area contributed by atoms with Crippen molar-refractivity contribution >= 4 is 50.0 Å². The molecule has 0 bridgehead atoms. The van der Waals surface area contributed by atoms with Crippen LogP contribution in [0.15, 0.2) is 58.2 Å². The largest absolute Gasteiger partial charge is 0.330 e. The van der Waals surface area contributed by atoms with Gasteiger partial charge in [-0.15, -0.1) is 0 Å². The highest BCUT2D eigenvalue weighted by Gasteiger charge is 2.27. The summed E-state index contributed by atoms with van der Waals surface area (Å²) in [5.41, 5.74) is 2.06. The van der Waals surface area contributed by atoms with E-state index >= 15 is 0 Å². The van der Waals surface area contributed by atoms with Gasteiger partial charge in [-0.25, -0.2) is 13.2 Å². The summed E-state index contributed by atoms with van der Waals surface area (Å²) >= 11 is 11.8. The Morgan fingerprint density at radius 3 is 2.52 bits per heavy atom. The first-order valence-corrected chi connectivity index (χ1v) is 10.4. The minimum absolute atomic E-state index is 0.0954. The summed E-state index contributed by atoms with van der Waals surface area (Å²) < 4.78 is 28.6. The molecule has 2 aromatic carbocycles. The summed E-state index contributed by atoms with van der Waals surface area (Å²) in [6, 6.07) is 11.6. The lowest BCUT2D eigenvalue weighted by Crippen LogP contribution is -2.36. The number of aromatic nitrogens is 2. The molecule has 1 aromatic heterocycles. The molecule has 1 aliphatic heterocycles. The Morgan fingerprint density at radius 2 is 1.81 bits per heavy atom. The van der Waals surface area contributed by atoms with Gasteiger partial charge in [0.25, 0.3) is 0 Å². The number of halogens is 2. The Labute approximate surface area is 165 Å². The fourth-order valence-corrected chi connectivity index (χ4v) is 4.96. The summed E-state index contributed by atoms with van der Waals surface area (Å²) in [5, 5.41) is 0.492. The van der Waals surface area contributed by atoms with Gasteiger partial charge in [-0.3, -0.25) is 4.57 Å². The molecule has 27 heavy (non-hydrogen) atoms. The first kappa shape index (κ1) is 18.3. The molecule has 0 amide bonds. The number of H-pyrrole nitrogens is 1. The molecule has 0 unspecified atom stereocenters. The van der Waals surface area contributed by atoms with E-state index in [0.717, 1.165) is 16.7 Å². The van der Waals surface area contributed by atoms with E-state index in [9.17, 15) is 13.2 Å². The third-order valence-corrected chi connectivity index (χ3v) is 7.15. The topological polar surface area (TPSA) is 75.2 Å². The minimum Gasteiger partial charge on any atom is -0.305 e. The number of hydrogen-bond acceptors (Lipinski definition) is 3. The lowest BCUT2D eigenvalue weighted by atomic mass is 10.2. The van der Waals surface area contributed by atoms with E-state index in [4.69, 9.17) is 23.2 Å². The van der Waals surface area contributed by atoms with Gasteiger partial charge in [0.05, 0.1) is 26.0 Å². The summed E-state index contributed by atoms with van der Waals surface area (Å²) in [4.78, 5) is 15.2. The lowest BCUT2D eigenvalue weighted by Gasteiger charge is -2.26. The molecule has 1 N–H and O–H groups in total. The van der Waals surface area contributed by atoms with Crippen LogP contribution in [-0.2, 0) is 10.0 Å². The molecule has 0 fully saturated rings. The Morgan fingerprint density at radius 1 is 1.04 bits per heavy atom. The normalized spacial score (nSPS) is 15.9. The van der Waals surface area contributed by atoms with Crippen molar-refractivity contribution in [3.63, 3.8) is 0 Å². The third kappa shape index (κ3) is 3.21. The van der Waals surface area contributed by atoms with Gasteiger partial charge in [-0.05, 0) is 36.4 Å². The van der Waals surface area contributed by atoms with Gasteiger partial charge in [-0.1, -0.05) is 35.3 Å². The maximum Gasteiger partial charge on any atom is 0.330 e. The number of hydrogen-bond donors (Lipinski definition) is 1. The van der Waals surface area contributed by atoms with Crippen molar-refractivity contribution in [3.8, 4) is 0 Å². The predicted molar refractivity (Wildman–Crippen MR) is 107 cm³/mol. The molecule has 4 rings (SSSR count). The first-order valence-electron chi connectivity index (χ1n) is 8.22. The third-order valence-electron chi connectivity index (χ3n) is 4.55. The Hall–Kier alpha value is -2.06. The molecular weight excluding hydrogens is 409 g/mol. The number of fused-ring (bicyclic) bond motifs is 1. The van der Waals surface area contributed by atoms with Crippen LogP contribution < -0.4 is 5.69 Å². The Balaban J connectivity index is 1.66. The summed E-state index contributed by atoms with van der Waals surface area (Å²) in [6.45, 7) is 0.435. The predicted octanol–water partition coefficient (Wildman–Crippen LogP) is 3.57. The molecule has 140 valence electrons. The van der Waals surface area contributed by atoms with Gasteiger partial charge in [0, 0.05) is 25.2 Å². The van der Waals surface area contributed by atoms with Crippen LogP contribution in [0.2, 0.25) is 10.0 Å². The van der Waals surface area contributed by atoms with Gasteiger partial charge < -0.3 is 4.98 Å². The maximum absolute atomic E-state index is 12.8. The smallest absolute Gasteiger partial charge is 0.305 e. The van der Waals surface area contributed by atoms with E-state index in [-0.39, 0.29) is 28.7 Å². The highest BCUT2D eigenvalue weighted by molar-refractivity contribution is 7.89. The van der Waals surface area contributed by atoms with E-state index < -0.39 is 10.0 Å². The highest BCUT2D eigenvalue weighted by atomic mass is 35.5. The van der Waals surface area contributed by atoms with Crippen molar-refractivity contribution in [1.29, 1.82) is 0 Å². The average Bonchev–Trinajstić information content (AvgIpc) is 2.99. The van der Waals surface area contributed by atoms with Crippen LogP contribution in [0.25, 0.3) is 16.7 Å². The van der Waals surface area contributed by atoms with E-state index in [1.54, 1.807) is 10.6 Å². The molecule has 9 heteroatoms. The van der Waals surface area contributed by atoms with E-state index in [2.05, 4.69) is 4.98 Å². The zero-order chi connectivity index (χ0) is 19.2. The number of nitrogens with one attached hydrogen (secondary N) is 1. The zero-order valence-electron chi connectivity index (χ0n) is 14.0. The number of aromatic amines is 1. The number of nitrogens with zero attached hydrogens (tertiary/aromatic N) is 2. The van der Waals surface area contributed by atoms with Crippen molar-refractivity contribution in [2.24, 2.45) is 0 Å². The summed E-state index contributed by atoms with van der Waals surface area (Å²) in [7, 11) is -3.70. The Bertz CT molecular complexity index is 1230. The molecule has 0 saturated carbocycles. The number of sulfonamides is 1. The van der Waals surface area contributed by atoms with Gasteiger partial charge in [0.1, 0.15) is 0 Å². The van der Waals surface area contributed by atoms with Crippen LogP contribution in [0.4, 0.5) is 0 Å². The Kier molecular flexibility index (Phi) is 4.63. The van der Waals surface area contributed by atoms with Gasteiger partial charge in [0.15, 0.2) is 0 Å². The summed E-state index contributed by atoms with van der Waals surface area (Å²) in [5.74, 6) is 0. The van der Waals surface area contributed by atoms with Crippen LogP contribution >= 0.6 is 23.2 Å². The van der Waals surface area contributed by atoms with Crippen LogP contribution in [0.5, 0.6) is 0 Å². The van der Waals surface area contributed by atoms with Crippen LogP contribution in [-0.4, -0.2) is 35.4 Å². The number of rotatable bonds is 3. The monoisotopic (exact) mass is 423 g/mol. The second-order valence-electron chi connectivity index (χ2n) is 6.17. The van der Waals surface area contributed by atoms with Crippen molar-refractivity contribution < 1.29 is 8.42 Å². The molecule has 0 saturated heterocycles. The number of imidazole rings is 1. The highest BCUT2D eigenvalue weighted by Crippen LogP contribution is 2.28. The fourth-order valence-electron chi connectivity index (χ4n) is 3.19. The molecule has 0 radical (unpaired) electrons. The van der Waals surface area contributed by atoms with Gasteiger partial charge >= 0.3 is 5.69 Å². The molecular formula is C18H15Cl2N3O3S. The second-order valence-corrected chi connectivity index (χ2v) is 8.92. The molecule has 0 atom stereocenters. The quantitative estimate of drug-likeness (QED) is 0.699. The second kappa shape index (κ2) is 6.83. The molecule has 0 aliphatic carbocycles. The number of para-hydroxylation sites is 2. The van der Waals surface area contributed by atoms with Crippen molar-refractivity contribution in [1.82, 2.24) is 13.9 Å². The average molecular weight is 424 g/mol. The van der Waals surface area contributed by atoms with Gasteiger partial charge in [-0.2, -0.15) is 4.31 Å². The lowest BCUT2D eigenvalue weighted by molar-refractivity contribution is 0.438. The fraction of sp³-hybridized carbons (Fsp3) is 0.167. The SMILES string of the molecule is O=c1[nH]c2ccccc2n1C1=CCN(S(=O)(=O)c2ccc(Cl)c(Cl)c2)CC1. The molecule has 1 aliphatic rings. The van der Waals surface area contributed by atoms with Crippen molar-refractivity contribution in [3.05, 3.63) is 69.1 Å². The zero-order valence-corrected chi connectivity index (χ0v) is 16.4. The van der Waals surface area contributed by atoms with Crippen LogP contribution in [0.3, 0.4) is 0 Å². The molecule has 3 aromatic rings. The van der Waals surface area contributed by atoms with E-state index in [0.29, 0.717) is 11.4 Å². The maximum atomic E-state index is 12.8.